The van der Waals surface area contributed by atoms with Gasteiger partial charge in [0.2, 0.25) is 0 Å². The minimum Gasteiger partial charge on any atom is -0.311 e. The Morgan fingerprint density at radius 2 is 2.14 bits per heavy atom. The van der Waals surface area contributed by atoms with Crippen LogP contribution >= 0.6 is 0 Å². The van der Waals surface area contributed by atoms with E-state index in [1.807, 2.05) is 7.05 Å². The number of nitrogens with one attached hydrogen (secondary N) is 1. The first-order valence-corrected chi connectivity index (χ1v) is 8.05. The summed E-state index contributed by atoms with van der Waals surface area (Å²) in [7, 11) is 1.95. The average molecular weight is 293 g/mol. The van der Waals surface area contributed by atoms with E-state index >= 15 is 0 Å². The second kappa shape index (κ2) is 7.32. The van der Waals surface area contributed by atoms with Gasteiger partial charge in [-0.05, 0) is 50.4 Å². The van der Waals surface area contributed by atoms with E-state index in [2.05, 4.69) is 36.0 Å². The Morgan fingerprint density at radius 1 is 1.38 bits per heavy atom. The normalized spacial score (nSPS) is 22.7. The van der Waals surface area contributed by atoms with Crippen molar-refractivity contribution in [2.45, 2.75) is 45.7 Å². The molecule has 1 aromatic heterocycles. The van der Waals surface area contributed by atoms with Gasteiger partial charge in [-0.25, -0.2) is 4.39 Å². The van der Waals surface area contributed by atoms with Crippen LogP contribution in [-0.2, 0) is 0 Å². The molecule has 0 bridgehead atoms. The van der Waals surface area contributed by atoms with Gasteiger partial charge in [0.25, 0.3) is 0 Å². The lowest BCUT2D eigenvalue weighted by atomic mass is 9.96. The summed E-state index contributed by atoms with van der Waals surface area (Å²) in [5.74, 6) is 0.865. The van der Waals surface area contributed by atoms with Gasteiger partial charge in [-0.3, -0.25) is 9.88 Å². The third-order valence-electron chi connectivity index (χ3n) is 4.66. The summed E-state index contributed by atoms with van der Waals surface area (Å²) in [4.78, 5) is 6.86. The zero-order chi connectivity index (χ0) is 15.4. The maximum atomic E-state index is 13.0. The number of aromatic nitrogens is 1. The minimum atomic E-state index is -0.277. The number of hydrogen-bond donors (Lipinski definition) is 1. The maximum absolute atomic E-state index is 13.0. The van der Waals surface area contributed by atoms with Crippen LogP contribution in [0.25, 0.3) is 0 Å². The minimum absolute atomic E-state index is 0.166. The summed E-state index contributed by atoms with van der Waals surface area (Å²) in [6.07, 6.45) is 3.91. The molecule has 0 saturated carbocycles. The van der Waals surface area contributed by atoms with Crippen LogP contribution in [-0.4, -0.2) is 36.1 Å². The van der Waals surface area contributed by atoms with Crippen molar-refractivity contribution in [1.29, 1.82) is 0 Å². The molecule has 0 aliphatic carbocycles. The highest BCUT2D eigenvalue weighted by molar-refractivity contribution is 5.11. The molecule has 3 nitrogen and oxygen atoms in total. The Morgan fingerprint density at radius 3 is 2.71 bits per heavy atom. The molecule has 4 heteroatoms. The number of hydrogen-bond acceptors (Lipinski definition) is 3. The van der Waals surface area contributed by atoms with Crippen LogP contribution in [0.4, 0.5) is 4.39 Å². The number of halogens is 1. The molecule has 0 radical (unpaired) electrons. The van der Waals surface area contributed by atoms with Gasteiger partial charge >= 0.3 is 0 Å². The molecular weight excluding hydrogens is 265 g/mol. The van der Waals surface area contributed by atoms with Crippen LogP contribution in [0.1, 0.15) is 45.3 Å². The van der Waals surface area contributed by atoms with E-state index in [1.165, 1.54) is 31.6 Å². The summed E-state index contributed by atoms with van der Waals surface area (Å²) < 4.78 is 13.0. The molecule has 118 valence electrons. The molecule has 2 rings (SSSR count). The van der Waals surface area contributed by atoms with Gasteiger partial charge in [-0.15, -0.1) is 0 Å². The SMILES string of the molecule is CNC(c1ccc(F)cn1)C(C)CN1CCCC1C(C)C. The maximum Gasteiger partial charge on any atom is 0.141 e. The monoisotopic (exact) mass is 293 g/mol. The van der Waals surface area contributed by atoms with Gasteiger partial charge in [0.15, 0.2) is 0 Å². The van der Waals surface area contributed by atoms with Gasteiger partial charge in [0.1, 0.15) is 5.82 Å². The van der Waals surface area contributed by atoms with Gasteiger partial charge < -0.3 is 5.32 Å². The smallest absolute Gasteiger partial charge is 0.141 e. The van der Waals surface area contributed by atoms with E-state index in [0.29, 0.717) is 17.9 Å². The van der Waals surface area contributed by atoms with E-state index in [-0.39, 0.29) is 11.9 Å². The highest BCUT2D eigenvalue weighted by Crippen LogP contribution is 2.28. The molecule has 1 N–H and O–H groups in total. The molecule has 1 aliphatic rings. The molecule has 0 amide bonds. The van der Waals surface area contributed by atoms with Crippen LogP contribution in [0.15, 0.2) is 18.3 Å². The molecule has 0 spiro atoms. The highest BCUT2D eigenvalue weighted by atomic mass is 19.1. The Kier molecular flexibility index (Phi) is 5.71. The highest BCUT2D eigenvalue weighted by Gasteiger charge is 2.30. The fourth-order valence-electron chi connectivity index (χ4n) is 3.60. The van der Waals surface area contributed by atoms with Crippen LogP contribution in [0.2, 0.25) is 0 Å². The standard InChI is InChI=1S/C17H28FN3/c1-12(2)16-6-5-9-21(16)11-13(3)17(19-4)15-8-7-14(18)10-20-15/h7-8,10,12-13,16-17,19H,5-6,9,11H2,1-4H3. The lowest BCUT2D eigenvalue weighted by molar-refractivity contribution is 0.166. The first-order valence-electron chi connectivity index (χ1n) is 8.05. The third-order valence-corrected chi connectivity index (χ3v) is 4.66. The van der Waals surface area contributed by atoms with Gasteiger partial charge in [-0.1, -0.05) is 20.8 Å². The number of likely N-dealkylation sites (tertiary alicyclic amines) is 1. The lowest BCUT2D eigenvalue weighted by Crippen LogP contribution is -2.39. The Hall–Kier alpha value is -1.00. The topological polar surface area (TPSA) is 28.2 Å². The molecule has 3 unspecified atom stereocenters. The fraction of sp³-hybridized carbons (Fsp3) is 0.706. The van der Waals surface area contributed by atoms with Crippen LogP contribution in [0.5, 0.6) is 0 Å². The van der Waals surface area contributed by atoms with E-state index in [1.54, 1.807) is 6.07 Å². The van der Waals surface area contributed by atoms with E-state index in [0.717, 1.165) is 12.2 Å². The first kappa shape index (κ1) is 16.4. The first-order chi connectivity index (χ1) is 10.0. The van der Waals surface area contributed by atoms with Gasteiger partial charge in [0.05, 0.1) is 17.9 Å². The molecule has 2 heterocycles. The summed E-state index contributed by atoms with van der Waals surface area (Å²) in [6, 6.07) is 4.15. The van der Waals surface area contributed by atoms with Crippen molar-refractivity contribution in [3.63, 3.8) is 0 Å². The second-order valence-corrected chi connectivity index (χ2v) is 6.59. The molecule has 1 saturated heterocycles. The van der Waals surface area contributed by atoms with Crippen molar-refractivity contribution in [2.75, 3.05) is 20.1 Å². The van der Waals surface area contributed by atoms with Crippen LogP contribution < -0.4 is 5.32 Å². The number of nitrogens with zero attached hydrogens (tertiary/aromatic N) is 2. The Bertz CT molecular complexity index is 432. The van der Waals surface area contributed by atoms with Crippen molar-refractivity contribution in [2.24, 2.45) is 11.8 Å². The molecule has 1 fully saturated rings. The second-order valence-electron chi connectivity index (χ2n) is 6.59. The van der Waals surface area contributed by atoms with Crippen molar-refractivity contribution in [3.05, 3.63) is 29.8 Å². The molecule has 0 aromatic carbocycles. The molecule has 1 aliphatic heterocycles. The predicted molar refractivity (Wildman–Crippen MR) is 84.6 cm³/mol. The van der Waals surface area contributed by atoms with E-state index in [4.69, 9.17) is 0 Å². The van der Waals surface area contributed by atoms with Crippen molar-refractivity contribution in [3.8, 4) is 0 Å². The van der Waals surface area contributed by atoms with E-state index in [9.17, 15) is 4.39 Å². The van der Waals surface area contributed by atoms with Crippen LogP contribution in [0, 0.1) is 17.7 Å². The average Bonchev–Trinajstić information content (AvgIpc) is 2.90. The van der Waals surface area contributed by atoms with Crippen molar-refractivity contribution < 1.29 is 4.39 Å². The van der Waals surface area contributed by atoms with Crippen LogP contribution in [0.3, 0.4) is 0 Å². The quantitative estimate of drug-likeness (QED) is 0.873. The number of pyridine rings is 1. The summed E-state index contributed by atoms with van der Waals surface area (Å²) in [5, 5.41) is 3.34. The Labute approximate surface area is 127 Å². The zero-order valence-corrected chi connectivity index (χ0v) is 13.6. The summed E-state index contributed by atoms with van der Waals surface area (Å²) in [5.41, 5.74) is 0.923. The lowest BCUT2D eigenvalue weighted by Gasteiger charge is -2.33. The number of rotatable bonds is 6. The molecule has 21 heavy (non-hydrogen) atoms. The fourth-order valence-corrected chi connectivity index (χ4v) is 3.60. The third kappa shape index (κ3) is 4.01. The molecule has 3 atom stereocenters. The van der Waals surface area contributed by atoms with E-state index < -0.39 is 0 Å². The summed E-state index contributed by atoms with van der Waals surface area (Å²) >= 11 is 0. The predicted octanol–water partition coefficient (Wildman–Crippen LogP) is 3.24. The zero-order valence-electron chi connectivity index (χ0n) is 13.6. The largest absolute Gasteiger partial charge is 0.311 e. The van der Waals surface area contributed by atoms with Crippen molar-refractivity contribution >= 4 is 0 Å². The Balaban J connectivity index is 2.03. The molecule has 1 aromatic rings. The van der Waals surface area contributed by atoms with Gasteiger partial charge in [-0.2, -0.15) is 0 Å². The summed E-state index contributed by atoms with van der Waals surface area (Å²) in [6.45, 7) is 9.13. The van der Waals surface area contributed by atoms with Gasteiger partial charge in [0, 0.05) is 12.6 Å². The molecular formula is C17H28FN3. The van der Waals surface area contributed by atoms with Crippen molar-refractivity contribution in [1.82, 2.24) is 15.2 Å².